The Balaban J connectivity index is 2.28. The van der Waals surface area contributed by atoms with E-state index in [1.807, 2.05) is 12.3 Å². The van der Waals surface area contributed by atoms with Gasteiger partial charge >= 0.3 is 0 Å². The van der Waals surface area contributed by atoms with Crippen LogP contribution in [0.4, 0.5) is 0 Å². The molecule has 0 fully saturated rings. The van der Waals surface area contributed by atoms with Crippen molar-refractivity contribution < 1.29 is 10.2 Å². The van der Waals surface area contributed by atoms with Gasteiger partial charge in [-0.2, -0.15) is 0 Å². The molecule has 1 heterocycles. The number of nitrogens with zero attached hydrogens (tertiary/aromatic N) is 1. The van der Waals surface area contributed by atoms with E-state index in [4.69, 9.17) is 5.11 Å². The predicted molar refractivity (Wildman–Crippen MR) is 56.3 cm³/mol. The van der Waals surface area contributed by atoms with Crippen LogP contribution in [-0.2, 0) is 6.54 Å². The lowest BCUT2D eigenvalue weighted by Crippen LogP contribution is -2.40. The number of rotatable bonds is 5. The van der Waals surface area contributed by atoms with Gasteiger partial charge in [0.25, 0.3) is 0 Å². The van der Waals surface area contributed by atoms with Gasteiger partial charge in [0.2, 0.25) is 0 Å². The summed E-state index contributed by atoms with van der Waals surface area (Å²) in [7, 11) is 0. The third-order valence-electron chi connectivity index (χ3n) is 1.79. The van der Waals surface area contributed by atoms with E-state index in [1.54, 1.807) is 18.3 Å². The van der Waals surface area contributed by atoms with Gasteiger partial charge in [0.05, 0.1) is 12.2 Å². The normalized spacial score (nSPS) is 15.4. The molecule has 1 rings (SSSR count). The van der Waals surface area contributed by atoms with E-state index < -0.39 is 5.60 Å². The van der Waals surface area contributed by atoms with Gasteiger partial charge < -0.3 is 15.5 Å². The quantitative estimate of drug-likeness (QED) is 0.661. The highest BCUT2D eigenvalue weighted by atomic mass is 32.1. The molecule has 0 aromatic carbocycles. The van der Waals surface area contributed by atoms with E-state index in [0.29, 0.717) is 13.1 Å². The number of aliphatic hydroxyl groups excluding tert-OH is 1. The molecule has 1 aromatic heterocycles. The number of aryl methyl sites for hydroxylation is 1. The molecule has 0 saturated carbocycles. The van der Waals surface area contributed by atoms with Crippen LogP contribution in [0.15, 0.2) is 5.38 Å². The van der Waals surface area contributed by atoms with Crippen LogP contribution in [0.1, 0.15) is 17.6 Å². The number of aliphatic hydroxyl groups is 2. The van der Waals surface area contributed by atoms with Crippen LogP contribution >= 0.6 is 11.3 Å². The molecule has 0 amide bonds. The first kappa shape index (κ1) is 11.6. The third kappa shape index (κ3) is 3.71. The first-order chi connectivity index (χ1) is 6.53. The average molecular weight is 216 g/mol. The van der Waals surface area contributed by atoms with Gasteiger partial charge in [-0.05, 0) is 13.8 Å². The summed E-state index contributed by atoms with van der Waals surface area (Å²) in [6.45, 7) is 4.30. The number of hydrogen-bond acceptors (Lipinski definition) is 5. The van der Waals surface area contributed by atoms with Gasteiger partial charge in [0.15, 0.2) is 0 Å². The van der Waals surface area contributed by atoms with Crippen LogP contribution in [0.3, 0.4) is 0 Å². The van der Waals surface area contributed by atoms with E-state index in [-0.39, 0.29) is 6.61 Å². The summed E-state index contributed by atoms with van der Waals surface area (Å²) in [5.41, 5.74) is -0.0347. The molecule has 1 atom stereocenters. The lowest BCUT2D eigenvalue weighted by atomic mass is 10.1. The van der Waals surface area contributed by atoms with Crippen molar-refractivity contribution in [1.82, 2.24) is 10.3 Å². The maximum absolute atomic E-state index is 9.48. The van der Waals surface area contributed by atoms with Crippen molar-refractivity contribution in [3.05, 3.63) is 16.1 Å². The fraction of sp³-hybridized carbons (Fsp3) is 0.667. The Bertz CT molecular complexity index is 286. The number of hydrogen-bond donors (Lipinski definition) is 3. The van der Waals surface area contributed by atoms with Crippen molar-refractivity contribution in [2.24, 2.45) is 0 Å². The molecule has 0 saturated heterocycles. The number of nitrogens with one attached hydrogen (secondary N) is 1. The van der Waals surface area contributed by atoms with Crippen LogP contribution in [0.5, 0.6) is 0 Å². The van der Waals surface area contributed by atoms with Crippen LogP contribution in [-0.4, -0.2) is 33.9 Å². The van der Waals surface area contributed by atoms with Crippen molar-refractivity contribution in [1.29, 1.82) is 0 Å². The van der Waals surface area contributed by atoms with Gasteiger partial charge in [-0.1, -0.05) is 0 Å². The second kappa shape index (κ2) is 4.84. The molecular formula is C9H16N2O2S. The van der Waals surface area contributed by atoms with Crippen molar-refractivity contribution in [3.8, 4) is 0 Å². The summed E-state index contributed by atoms with van der Waals surface area (Å²) in [6, 6.07) is 0. The van der Waals surface area contributed by atoms with Crippen molar-refractivity contribution in [3.63, 3.8) is 0 Å². The van der Waals surface area contributed by atoms with E-state index in [2.05, 4.69) is 10.3 Å². The first-order valence-corrected chi connectivity index (χ1v) is 5.36. The zero-order valence-electron chi connectivity index (χ0n) is 8.45. The van der Waals surface area contributed by atoms with Crippen LogP contribution in [0.2, 0.25) is 0 Å². The molecule has 14 heavy (non-hydrogen) atoms. The summed E-state index contributed by atoms with van der Waals surface area (Å²) in [6.07, 6.45) is 0. The highest BCUT2D eigenvalue weighted by Crippen LogP contribution is 2.08. The van der Waals surface area contributed by atoms with E-state index in [0.717, 1.165) is 10.7 Å². The second-order valence-electron chi connectivity index (χ2n) is 3.64. The fourth-order valence-corrected chi connectivity index (χ4v) is 1.72. The molecule has 1 unspecified atom stereocenters. The number of thiazole rings is 1. The topological polar surface area (TPSA) is 65.4 Å². The Kier molecular flexibility index (Phi) is 4.00. The monoisotopic (exact) mass is 216 g/mol. The maximum Gasteiger partial charge on any atom is 0.107 e. The largest absolute Gasteiger partial charge is 0.393 e. The summed E-state index contributed by atoms with van der Waals surface area (Å²) >= 11 is 1.59. The molecule has 0 spiro atoms. The summed E-state index contributed by atoms with van der Waals surface area (Å²) < 4.78 is 0. The minimum absolute atomic E-state index is 0.239. The highest BCUT2D eigenvalue weighted by molar-refractivity contribution is 7.09. The van der Waals surface area contributed by atoms with Crippen LogP contribution in [0.25, 0.3) is 0 Å². The molecule has 0 radical (unpaired) electrons. The van der Waals surface area contributed by atoms with Crippen LogP contribution < -0.4 is 5.32 Å². The lowest BCUT2D eigenvalue weighted by Gasteiger charge is -2.20. The van der Waals surface area contributed by atoms with Crippen molar-refractivity contribution in [2.75, 3.05) is 13.2 Å². The Morgan fingerprint density at radius 1 is 1.64 bits per heavy atom. The highest BCUT2D eigenvalue weighted by Gasteiger charge is 2.17. The van der Waals surface area contributed by atoms with E-state index >= 15 is 0 Å². The summed E-state index contributed by atoms with van der Waals surface area (Å²) in [5.74, 6) is 0. The standard InChI is InChI=1S/C9H16N2O2S/c1-7-4-14-8(11-7)3-10-5-9(2,13)6-12/h4,10,12-13H,3,5-6H2,1-2H3. The van der Waals surface area contributed by atoms with E-state index in [9.17, 15) is 5.11 Å². The summed E-state index contributed by atoms with van der Waals surface area (Å²) in [5, 5.41) is 24.3. The minimum atomic E-state index is -1.05. The predicted octanol–water partition coefficient (Wildman–Crippen LogP) is 0.284. The van der Waals surface area contributed by atoms with Gasteiger partial charge in [-0.25, -0.2) is 4.98 Å². The third-order valence-corrected chi connectivity index (χ3v) is 2.76. The molecule has 0 aliphatic carbocycles. The molecule has 0 aliphatic rings. The second-order valence-corrected chi connectivity index (χ2v) is 4.58. The Labute approximate surface area is 87.6 Å². The Morgan fingerprint density at radius 3 is 2.86 bits per heavy atom. The summed E-state index contributed by atoms with van der Waals surface area (Å²) in [4.78, 5) is 4.27. The van der Waals surface area contributed by atoms with Crippen LogP contribution in [0, 0.1) is 6.92 Å². The zero-order valence-corrected chi connectivity index (χ0v) is 9.27. The number of aromatic nitrogens is 1. The van der Waals surface area contributed by atoms with E-state index in [1.165, 1.54) is 0 Å². The zero-order chi connectivity index (χ0) is 10.6. The van der Waals surface area contributed by atoms with Gasteiger partial charge in [-0.3, -0.25) is 0 Å². The van der Waals surface area contributed by atoms with Gasteiger partial charge in [0, 0.05) is 24.2 Å². The molecule has 5 heteroatoms. The fourth-order valence-electron chi connectivity index (χ4n) is 0.979. The molecule has 0 aliphatic heterocycles. The Hall–Kier alpha value is -0.490. The lowest BCUT2D eigenvalue weighted by molar-refractivity contribution is 0.00253. The smallest absolute Gasteiger partial charge is 0.107 e. The minimum Gasteiger partial charge on any atom is -0.393 e. The molecule has 1 aromatic rings. The first-order valence-electron chi connectivity index (χ1n) is 4.48. The van der Waals surface area contributed by atoms with Crippen molar-refractivity contribution in [2.45, 2.75) is 26.0 Å². The molecular weight excluding hydrogens is 200 g/mol. The van der Waals surface area contributed by atoms with Crippen molar-refractivity contribution >= 4 is 11.3 Å². The van der Waals surface area contributed by atoms with Gasteiger partial charge in [0.1, 0.15) is 5.01 Å². The molecule has 3 N–H and O–H groups in total. The molecule has 4 nitrogen and oxygen atoms in total. The Morgan fingerprint density at radius 2 is 2.36 bits per heavy atom. The maximum atomic E-state index is 9.48. The molecule has 80 valence electrons. The average Bonchev–Trinajstić information content (AvgIpc) is 2.51. The SMILES string of the molecule is Cc1csc(CNCC(C)(O)CO)n1. The molecule has 0 bridgehead atoms. The van der Waals surface area contributed by atoms with Gasteiger partial charge in [-0.15, -0.1) is 11.3 Å².